The van der Waals surface area contributed by atoms with Crippen LogP contribution in [0.15, 0.2) is 27.4 Å². The summed E-state index contributed by atoms with van der Waals surface area (Å²) in [5.41, 5.74) is 0.442. The van der Waals surface area contributed by atoms with Crippen LogP contribution >= 0.6 is 11.8 Å². The van der Waals surface area contributed by atoms with Crippen molar-refractivity contribution < 1.29 is 46.7 Å². The molecule has 2 N–H and O–H groups in total. The molecule has 1 aromatic carbocycles. The van der Waals surface area contributed by atoms with Crippen LogP contribution in [-0.2, 0) is 43.9 Å². The normalized spacial score (nSPS) is 22.7. The molecule has 0 saturated carbocycles. The molecular weight excluding hydrogens is 465 g/mol. The number of nitrogens with one attached hydrogen (secondary N) is 2. The zero-order valence-electron chi connectivity index (χ0n) is 16.3. The average molecular weight is 488 g/mol. The fraction of sp³-hybridized carbons (Fsp3) is 0.476. The zero-order valence-corrected chi connectivity index (χ0v) is 20.0. The molecule has 3 heterocycles. The summed E-state index contributed by atoms with van der Waals surface area (Å²) in [6, 6.07) is 8.85. The van der Waals surface area contributed by atoms with Gasteiger partial charge < -0.3 is 15.1 Å². The summed E-state index contributed by atoms with van der Waals surface area (Å²) >= 11 is 1.90. The molecular formula is C21H23N2O4SY-. The van der Waals surface area contributed by atoms with Gasteiger partial charge in [-0.2, -0.15) is 23.2 Å². The number of rotatable bonds is 7. The fourth-order valence-electron chi connectivity index (χ4n) is 4.02. The van der Waals surface area contributed by atoms with Gasteiger partial charge in [-0.05, 0) is 25.2 Å². The van der Waals surface area contributed by atoms with Crippen LogP contribution in [0.3, 0.4) is 0 Å². The quantitative estimate of drug-likeness (QED) is 0.356. The molecule has 2 aliphatic heterocycles. The summed E-state index contributed by atoms with van der Waals surface area (Å²) < 4.78 is 5.09. The first kappa shape index (κ1) is 22.5. The Morgan fingerprint density at radius 3 is 2.93 bits per heavy atom. The smallest absolute Gasteiger partial charge is 0.315 e. The number of hydrogen-bond acceptors (Lipinski definition) is 5. The maximum Gasteiger partial charge on any atom is 0.315 e. The minimum Gasteiger partial charge on any atom is -0.451 e. The minimum atomic E-state index is -0.388. The number of thioether (sulfide) groups is 1. The molecule has 0 aliphatic carbocycles. The Labute approximate surface area is 198 Å². The van der Waals surface area contributed by atoms with E-state index >= 15 is 0 Å². The van der Waals surface area contributed by atoms with Gasteiger partial charge in [0.2, 0.25) is 0 Å². The molecule has 2 fully saturated rings. The van der Waals surface area contributed by atoms with Crippen molar-refractivity contribution in [3.63, 3.8) is 0 Å². The van der Waals surface area contributed by atoms with Gasteiger partial charge in [-0.3, -0.25) is 9.59 Å². The van der Waals surface area contributed by atoms with Crippen LogP contribution in [-0.4, -0.2) is 34.9 Å². The molecule has 8 heteroatoms. The summed E-state index contributed by atoms with van der Waals surface area (Å²) in [5, 5.41) is 7.55. The van der Waals surface area contributed by atoms with Crippen LogP contribution in [0.5, 0.6) is 0 Å². The second kappa shape index (κ2) is 9.75. The number of fused-ring (bicyclic) bond motifs is 2. The van der Waals surface area contributed by atoms with Crippen molar-refractivity contribution in [2.45, 2.75) is 56.4 Å². The van der Waals surface area contributed by atoms with Crippen molar-refractivity contribution in [1.82, 2.24) is 10.6 Å². The Morgan fingerprint density at radius 2 is 2.10 bits per heavy atom. The van der Waals surface area contributed by atoms with Gasteiger partial charge in [0.1, 0.15) is 5.78 Å². The molecule has 6 nitrogen and oxygen atoms in total. The monoisotopic (exact) mass is 488 g/mol. The number of benzene rings is 1. The molecule has 29 heavy (non-hydrogen) atoms. The van der Waals surface area contributed by atoms with Crippen molar-refractivity contribution in [2.24, 2.45) is 0 Å². The molecule has 3 atom stereocenters. The summed E-state index contributed by atoms with van der Waals surface area (Å²) in [7, 11) is 0. The van der Waals surface area contributed by atoms with Crippen LogP contribution in [0.25, 0.3) is 10.8 Å². The van der Waals surface area contributed by atoms with Crippen molar-refractivity contribution >= 4 is 34.3 Å². The van der Waals surface area contributed by atoms with Crippen LogP contribution in [0, 0.1) is 13.0 Å². The minimum absolute atomic E-state index is 0. The van der Waals surface area contributed by atoms with E-state index in [1.165, 1.54) is 0 Å². The number of Topliss-reactive ketones (excluding diaryl/α,β-unsaturated/α-hetero) is 1. The van der Waals surface area contributed by atoms with Crippen LogP contribution in [0.2, 0.25) is 0 Å². The van der Waals surface area contributed by atoms with Crippen molar-refractivity contribution in [3.05, 3.63) is 46.0 Å². The molecule has 2 aromatic rings. The van der Waals surface area contributed by atoms with Gasteiger partial charge in [0.05, 0.1) is 12.1 Å². The summed E-state index contributed by atoms with van der Waals surface area (Å²) in [4.78, 5) is 35.7. The van der Waals surface area contributed by atoms with E-state index in [2.05, 4.69) is 16.7 Å². The van der Waals surface area contributed by atoms with E-state index in [0.29, 0.717) is 34.6 Å². The number of carbonyl (C=O) groups excluding carboxylic acids is 2. The number of unbranched alkanes of at least 4 members (excludes halogenated alkanes) is 1. The van der Waals surface area contributed by atoms with Crippen molar-refractivity contribution in [2.75, 3.05) is 5.75 Å². The third-order valence-corrected chi connectivity index (χ3v) is 6.90. The average Bonchev–Trinajstić information content (AvgIpc) is 3.18. The van der Waals surface area contributed by atoms with Gasteiger partial charge in [-0.1, -0.05) is 12.0 Å². The summed E-state index contributed by atoms with van der Waals surface area (Å²) in [5.74, 6) is 1.59. The molecule has 151 valence electrons. The van der Waals surface area contributed by atoms with Gasteiger partial charge in [-0.25, -0.2) is 4.79 Å². The molecule has 0 bridgehead atoms. The van der Waals surface area contributed by atoms with E-state index in [9.17, 15) is 14.4 Å². The van der Waals surface area contributed by atoms with Crippen LogP contribution < -0.4 is 16.3 Å². The number of hydrogen-bond donors (Lipinski definition) is 2. The Balaban J connectivity index is 0.00000240. The third kappa shape index (κ3) is 5.30. The predicted molar refractivity (Wildman–Crippen MR) is 109 cm³/mol. The first-order chi connectivity index (χ1) is 13.5. The van der Waals surface area contributed by atoms with Gasteiger partial charge >= 0.3 is 6.03 Å². The van der Waals surface area contributed by atoms with E-state index in [0.717, 1.165) is 30.6 Å². The topological polar surface area (TPSA) is 88.4 Å². The Hall–Kier alpha value is -1.18. The molecule has 2 amide bonds. The summed E-state index contributed by atoms with van der Waals surface area (Å²) in [6.45, 7) is 1.69. The number of urea groups is 1. The molecule has 1 radical (unpaired) electrons. The molecule has 0 spiro atoms. The Bertz CT molecular complexity index is 977. The standard InChI is InChI=1S/C21H23N2O4S.Y/c1-12-8-14-7-6-13(10-16(14)20(25)27-12)9-15(24)4-2-3-5-18-19-17(11-28-18)22-21(26)23-19;/h6-7,10,17-19H,2-5,9,11H2,1H3,(H2,22,23,26);/q-1;. The Morgan fingerprint density at radius 1 is 1.28 bits per heavy atom. The molecule has 3 unspecified atom stereocenters. The van der Waals surface area contributed by atoms with E-state index in [1.54, 1.807) is 13.0 Å². The number of amides is 2. The molecule has 1 aromatic heterocycles. The first-order valence-corrected chi connectivity index (χ1v) is 10.7. The zero-order chi connectivity index (χ0) is 19.7. The number of carbonyl (C=O) groups is 2. The maximum atomic E-state index is 12.3. The number of aryl methyl sites for hydroxylation is 1. The molecule has 4 rings (SSSR count). The van der Waals surface area contributed by atoms with Gasteiger partial charge in [0.25, 0.3) is 5.63 Å². The fourth-order valence-corrected chi connectivity index (χ4v) is 5.56. The van der Waals surface area contributed by atoms with Crippen LogP contribution in [0.1, 0.15) is 37.0 Å². The van der Waals surface area contributed by atoms with Gasteiger partial charge in [0.15, 0.2) is 0 Å². The number of ketones is 1. The Kier molecular flexibility index (Phi) is 7.57. The van der Waals surface area contributed by atoms with Crippen LogP contribution in [0.4, 0.5) is 4.79 Å². The largest absolute Gasteiger partial charge is 0.451 e. The van der Waals surface area contributed by atoms with Crippen molar-refractivity contribution in [1.29, 1.82) is 0 Å². The van der Waals surface area contributed by atoms with Crippen molar-refractivity contribution in [3.8, 4) is 0 Å². The predicted octanol–water partition coefficient (Wildman–Crippen LogP) is 2.74. The SMILES string of the molecule is Cc1[c-]c2ccc(CC(=O)CCCCC3SCC4NC(=O)NC43)cc2c(=O)o1.[Y]. The maximum absolute atomic E-state index is 12.3. The second-order valence-corrected chi connectivity index (χ2v) is 8.81. The van der Waals surface area contributed by atoms with E-state index in [4.69, 9.17) is 4.42 Å². The van der Waals surface area contributed by atoms with E-state index < -0.39 is 0 Å². The second-order valence-electron chi connectivity index (χ2n) is 7.53. The van der Waals surface area contributed by atoms with E-state index in [-0.39, 0.29) is 62.2 Å². The van der Waals surface area contributed by atoms with E-state index in [1.807, 2.05) is 23.9 Å². The van der Waals surface area contributed by atoms with Gasteiger partial charge in [-0.15, -0.1) is 18.2 Å². The first-order valence-electron chi connectivity index (χ1n) is 9.65. The summed E-state index contributed by atoms with van der Waals surface area (Å²) in [6.07, 6.45) is 3.68. The molecule has 2 saturated heterocycles. The molecule has 2 aliphatic rings. The van der Waals surface area contributed by atoms with Gasteiger partial charge in [0, 0.05) is 62.3 Å². The third-order valence-electron chi connectivity index (χ3n) is 5.39.